The zero-order valence-electron chi connectivity index (χ0n) is 11.0. The Bertz CT molecular complexity index is 616. The molecule has 1 amide bonds. The molecule has 1 unspecified atom stereocenters. The largest absolute Gasteiger partial charge is 0.387 e. The smallest absolute Gasteiger partial charge is 0.253 e. The average molecular weight is 291 g/mol. The SMILES string of the molecule is Cc1ccccc1C(O)CNC(=O)c1ccncc1Cl. The molecule has 0 fully saturated rings. The van der Waals surface area contributed by atoms with Crippen LogP contribution in [0, 0.1) is 6.92 Å². The van der Waals surface area contributed by atoms with Crippen molar-refractivity contribution in [3.05, 3.63) is 64.4 Å². The van der Waals surface area contributed by atoms with Crippen LogP contribution >= 0.6 is 11.6 Å². The summed E-state index contributed by atoms with van der Waals surface area (Å²) < 4.78 is 0. The van der Waals surface area contributed by atoms with Crippen LogP contribution in [-0.4, -0.2) is 22.5 Å². The summed E-state index contributed by atoms with van der Waals surface area (Å²) in [4.78, 5) is 15.8. The molecular weight excluding hydrogens is 276 g/mol. The van der Waals surface area contributed by atoms with Gasteiger partial charge in [0.05, 0.1) is 16.7 Å². The number of pyridine rings is 1. The lowest BCUT2D eigenvalue weighted by Crippen LogP contribution is -2.28. The summed E-state index contributed by atoms with van der Waals surface area (Å²) in [5.74, 6) is -0.329. The van der Waals surface area contributed by atoms with Crippen molar-refractivity contribution >= 4 is 17.5 Å². The van der Waals surface area contributed by atoms with E-state index >= 15 is 0 Å². The van der Waals surface area contributed by atoms with E-state index in [4.69, 9.17) is 11.6 Å². The van der Waals surface area contributed by atoms with Gasteiger partial charge >= 0.3 is 0 Å². The highest BCUT2D eigenvalue weighted by atomic mass is 35.5. The fourth-order valence-electron chi connectivity index (χ4n) is 1.91. The molecule has 2 rings (SSSR count). The second-order valence-electron chi connectivity index (χ2n) is 4.44. The third-order valence-electron chi connectivity index (χ3n) is 3.02. The standard InChI is InChI=1S/C15H15ClN2O2/c1-10-4-2-3-5-11(10)14(19)9-18-15(20)12-6-7-17-8-13(12)16/h2-8,14,19H,9H2,1H3,(H,18,20). The highest BCUT2D eigenvalue weighted by Crippen LogP contribution is 2.17. The summed E-state index contributed by atoms with van der Waals surface area (Å²) in [6.45, 7) is 2.04. The summed E-state index contributed by atoms with van der Waals surface area (Å²) >= 11 is 5.89. The molecule has 2 aromatic rings. The molecule has 1 aromatic carbocycles. The molecule has 0 saturated heterocycles. The average Bonchev–Trinajstić information content (AvgIpc) is 2.45. The number of hydrogen-bond acceptors (Lipinski definition) is 3. The number of carbonyl (C=O) groups excluding carboxylic acids is 1. The molecule has 1 atom stereocenters. The Balaban J connectivity index is 2.01. The fraction of sp³-hybridized carbons (Fsp3) is 0.200. The first kappa shape index (κ1) is 14.5. The predicted octanol–water partition coefficient (Wildman–Crippen LogP) is 2.51. The van der Waals surface area contributed by atoms with Gasteiger partial charge in [-0.3, -0.25) is 9.78 Å². The highest BCUT2D eigenvalue weighted by Gasteiger charge is 2.14. The first-order valence-electron chi connectivity index (χ1n) is 6.21. The summed E-state index contributed by atoms with van der Waals surface area (Å²) in [5.41, 5.74) is 2.13. The van der Waals surface area contributed by atoms with Crippen molar-refractivity contribution in [2.75, 3.05) is 6.54 Å². The van der Waals surface area contributed by atoms with Crippen LogP contribution in [0.5, 0.6) is 0 Å². The zero-order valence-corrected chi connectivity index (χ0v) is 11.8. The van der Waals surface area contributed by atoms with Gasteiger partial charge in [0.25, 0.3) is 5.91 Å². The first-order valence-corrected chi connectivity index (χ1v) is 6.58. The van der Waals surface area contributed by atoms with Gasteiger partial charge in [-0.25, -0.2) is 0 Å². The van der Waals surface area contributed by atoms with Gasteiger partial charge < -0.3 is 10.4 Å². The minimum Gasteiger partial charge on any atom is -0.387 e. The van der Waals surface area contributed by atoms with Gasteiger partial charge in [-0.05, 0) is 24.1 Å². The van der Waals surface area contributed by atoms with Crippen LogP contribution in [0.3, 0.4) is 0 Å². The van der Waals surface area contributed by atoms with Crippen molar-refractivity contribution in [1.82, 2.24) is 10.3 Å². The van der Waals surface area contributed by atoms with E-state index in [-0.39, 0.29) is 17.5 Å². The van der Waals surface area contributed by atoms with Crippen LogP contribution in [0.25, 0.3) is 0 Å². The van der Waals surface area contributed by atoms with E-state index in [9.17, 15) is 9.90 Å². The molecule has 104 valence electrons. The van der Waals surface area contributed by atoms with Crippen molar-refractivity contribution in [3.8, 4) is 0 Å². The Labute approximate surface area is 122 Å². The van der Waals surface area contributed by atoms with Gasteiger partial charge in [-0.2, -0.15) is 0 Å². The number of aliphatic hydroxyl groups is 1. The lowest BCUT2D eigenvalue weighted by atomic mass is 10.0. The molecule has 1 heterocycles. The van der Waals surface area contributed by atoms with E-state index in [1.54, 1.807) is 0 Å². The Hall–Kier alpha value is -1.91. The van der Waals surface area contributed by atoms with Crippen molar-refractivity contribution in [3.63, 3.8) is 0 Å². The molecule has 0 spiro atoms. The highest BCUT2D eigenvalue weighted by molar-refractivity contribution is 6.33. The minimum atomic E-state index is -0.749. The number of aromatic nitrogens is 1. The lowest BCUT2D eigenvalue weighted by molar-refractivity contribution is 0.0916. The molecule has 0 saturated carbocycles. The van der Waals surface area contributed by atoms with Crippen molar-refractivity contribution in [2.45, 2.75) is 13.0 Å². The number of amides is 1. The lowest BCUT2D eigenvalue weighted by Gasteiger charge is -2.14. The third kappa shape index (κ3) is 3.35. The third-order valence-corrected chi connectivity index (χ3v) is 3.32. The van der Waals surface area contributed by atoms with E-state index < -0.39 is 6.10 Å². The molecule has 5 heteroatoms. The van der Waals surface area contributed by atoms with Gasteiger partial charge in [0.2, 0.25) is 0 Å². The van der Waals surface area contributed by atoms with Crippen LogP contribution in [0.15, 0.2) is 42.7 Å². The number of rotatable bonds is 4. The second-order valence-corrected chi connectivity index (χ2v) is 4.85. The van der Waals surface area contributed by atoms with E-state index in [2.05, 4.69) is 10.3 Å². The minimum absolute atomic E-state index is 0.127. The number of carbonyl (C=O) groups is 1. The van der Waals surface area contributed by atoms with Gasteiger partial charge in [-0.15, -0.1) is 0 Å². The molecule has 0 aliphatic carbocycles. The molecule has 0 bridgehead atoms. The number of nitrogens with zero attached hydrogens (tertiary/aromatic N) is 1. The van der Waals surface area contributed by atoms with Crippen molar-refractivity contribution in [2.24, 2.45) is 0 Å². The number of benzene rings is 1. The summed E-state index contributed by atoms with van der Waals surface area (Å²) in [5, 5.41) is 13.1. The van der Waals surface area contributed by atoms with Crippen LogP contribution in [-0.2, 0) is 0 Å². The Kier molecular flexibility index (Phi) is 4.71. The van der Waals surface area contributed by atoms with E-state index in [0.717, 1.165) is 11.1 Å². The van der Waals surface area contributed by atoms with Crippen LogP contribution in [0.1, 0.15) is 27.6 Å². The van der Waals surface area contributed by atoms with E-state index in [1.165, 1.54) is 18.5 Å². The first-order chi connectivity index (χ1) is 9.59. The monoisotopic (exact) mass is 290 g/mol. The number of nitrogens with one attached hydrogen (secondary N) is 1. The van der Waals surface area contributed by atoms with Gasteiger partial charge in [0.15, 0.2) is 0 Å². The Morgan fingerprint density at radius 1 is 1.40 bits per heavy atom. The second kappa shape index (κ2) is 6.50. The Morgan fingerprint density at radius 2 is 2.15 bits per heavy atom. The molecule has 2 N–H and O–H groups in total. The summed E-state index contributed by atoms with van der Waals surface area (Å²) in [6.07, 6.45) is 2.16. The molecule has 0 aliphatic heterocycles. The quantitative estimate of drug-likeness (QED) is 0.909. The van der Waals surface area contributed by atoms with Crippen molar-refractivity contribution in [1.29, 1.82) is 0 Å². The number of aryl methyl sites for hydroxylation is 1. The molecule has 4 nitrogen and oxygen atoms in total. The van der Waals surface area contributed by atoms with Crippen LogP contribution in [0.2, 0.25) is 5.02 Å². The summed E-state index contributed by atoms with van der Waals surface area (Å²) in [6, 6.07) is 9.05. The van der Waals surface area contributed by atoms with Crippen LogP contribution < -0.4 is 5.32 Å². The molecule has 0 aliphatic rings. The van der Waals surface area contributed by atoms with Gasteiger partial charge in [0, 0.05) is 18.9 Å². The maximum absolute atomic E-state index is 12.0. The molecule has 20 heavy (non-hydrogen) atoms. The fourth-order valence-corrected chi connectivity index (χ4v) is 2.12. The molecule has 0 radical (unpaired) electrons. The predicted molar refractivity (Wildman–Crippen MR) is 77.7 cm³/mol. The maximum atomic E-state index is 12.0. The number of hydrogen-bond donors (Lipinski definition) is 2. The summed E-state index contributed by atoms with van der Waals surface area (Å²) in [7, 11) is 0. The maximum Gasteiger partial charge on any atom is 0.253 e. The van der Waals surface area contributed by atoms with Crippen molar-refractivity contribution < 1.29 is 9.90 Å². The normalized spacial score (nSPS) is 11.9. The van der Waals surface area contributed by atoms with E-state index in [1.807, 2.05) is 31.2 Å². The van der Waals surface area contributed by atoms with Crippen LogP contribution in [0.4, 0.5) is 0 Å². The number of aliphatic hydroxyl groups excluding tert-OH is 1. The van der Waals surface area contributed by atoms with E-state index in [0.29, 0.717) is 5.56 Å². The zero-order chi connectivity index (χ0) is 14.5. The molecular formula is C15H15ClN2O2. The number of halogens is 1. The Morgan fingerprint density at radius 3 is 2.85 bits per heavy atom. The molecule has 1 aromatic heterocycles. The van der Waals surface area contributed by atoms with Gasteiger partial charge in [0.1, 0.15) is 0 Å². The van der Waals surface area contributed by atoms with Gasteiger partial charge in [-0.1, -0.05) is 35.9 Å². The topological polar surface area (TPSA) is 62.2 Å².